The third-order valence-corrected chi connectivity index (χ3v) is 5.65. The minimum atomic E-state index is 0.312. The van der Waals surface area contributed by atoms with Crippen LogP contribution < -0.4 is 0 Å². The molecule has 3 atom stereocenters. The van der Waals surface area contributed by atoms with Gasteiger partial charge in [0, 0.05) is 29.2 Å². The van der Waals surface area contributed by atoms with E-state index in [1.807, 2.05) is 18.3 Å². The topological polar surface area (TPSA) is 36.1 Å². The summed E-state index contributed by atoms with van der Waals surface area (Å²) in [5.74, 6) is 1.06. The van der Waals surface area contributed by atoms with Crippen LogP contribution in [0.3, 0.4) is 0 Å². The Kier molecular flexibility index (Phi) is 3.44. The predicted octanol–water partition coefficient (Wildman–Crippen LogP) is 3.89. The molecule has 1 aliphatic carbocycles. The van der Waals surface area contributed by atoms with Crippen LogP contribution in [0.1, 0.15) is 44.6 Å². The fourth-order valence-corrected chi connectivity index (χ4v) is 4.67. The number of amides is 1. The van der Waals surface area contributed by atoms with E-state index in [0.717, 1.165) is 17.0 Å². The Morgan fingerprint density at radius 3 is 3.00 bits per heavy atom. The molecule has 2 aromatic rings. The van der Waals surface area contributed by atoms with Crippen LogP contribution in [0.15, 0.2) is 30.5 Å². The van der Waals surface area contributed by atoms with Gasteiger partial charge in [0.2, 0.25) is 5.91 Å². The van der Waals surface area contributed by atoms with Gasteiger partial charge in [-0.2, -0.15) is 0 Å². The second kappa shape index (κ2) is 5.45. The number of hydrogen-bond donors (Lipinski definition) is 1. The Hall–Kier alpha value is -1.77. The molecule has 2 fully saturated rings. The molecule has 1 aromatic heterocycles. The molecule has 3 nitrogen and oxygen atoms in total. The second-order valence-electron chi connectivity index (χ2n) is 7.03. The van der Waals surface area contributed by atoms with Gasteiger partial charge in [-0.1, -0.05) is 31.0 Å². The SMILES string of the molecule is CC1CC2CCCCC2N1C(=O)Cc1c[nH]c2ccccc12. The number of hydrogen-bond acceptors (Lipinski definition) is 1. The van der Waals surface area contributed by atoms with Crippen molar-refractivity contribution in [1.29, 1.82) is 0 Å². The number of aromatic nitrogens is 1. The average Bonchev–Trinajstić information content (AvgIpc) is 3.07. The van der Waals surface area contributed by atoms with E-state index >= 15 is 0 Å². The molecule has 3 heteroatoms. The summed E-state index contributed by atoms with van der Waals surface area (Å²) in [5.41, 5.74) is 2.25. The zero-order valence-corrected chi connectivity index (χ0v) is 13.2. The van der Waals surface area contributed by atoms with Crippen LogP contribution in [0.4, 0.5) is 0 Å². The first-order chi connectivity index (χ1) is 10.7. The lowest BCUT2D eigenvalue weighted by atomic mass is 9.85. The van der Waals surface area contributed by atoms with Gasteiger partial charge >= 0.3 is 0 Å². The predicted molar refractivity (Wildman–Crippen MR) is 88.7 cm³/mol. The smallest absolute Gasteiger partial charge is 0.227 e. The number of likely N-dealkylation sites (tertiary alicyclic amines) is 1. The molecule has 1 N–H and O–H groups in total. The maximum atomic E-state index is 12.9. The molecular formula is C19H24N2O. The van der Waals surface area contributed by atoms with Crippen LogP contribution in [0.2, 0.25) is 0 Å². The van der Waals surface area contributed by atoms with Crippen molar-refractivity contribution in [3.05, 3.63) is 36.0 Å². The summed E-state index contributed by atoms with van der Waals surface area (Å²) in [6, 6.07) is 9.15. The molecule has 0 bridgehead atoms. The van der Waals surface area contributed by atoms with Crippen LogP contribution in [0.25, 0.3) is 10.9 Å². The molecule has 3 unspecified atom stereocenters. The lowest BCUT2D eigenvalue weighted by Crippen LogP contribution is -2.43. The first-order valence-corrected chi connectivity index (χ1v) is 8.60. The van der Waals surface area contributed by atoms with E-state index in [1.54, 1.807) is 0 Å². The first-order valence-electron chi connectivity index (χ1n) is 8.60. The summed E-state index contributed by atoms with van der Waals surface area (Å²) >= 11 is 0. The number of rotatable bonds is 2. The summed E-state index contributed by atoms with van der Waals surface area (Å²) in [6.07, 6.45) is 8.87. The van der Waals surface area contributed by atoms with Crippen molar-refractivity contribution in [3.63, 3.8) is 0 Å². The van der Waals surface area contributed by atoms with Gasteiger partial charge in [-0.05, 0) is 43.7 Å². The van der Waals surface area contributed by atoms with Crippen molar-refractivity contribution < 1.29 is 4.79 Å². The van der Waals surface area contributed by atoms with Gasteiger partial charge in [0.05, 0.1) is 6.42 Å². The molecule has 2 heterocycles. The molecule has 1 saturated carbocycles. The number of nitrogens with one attached hydrogen (secondary N) is 1. The minimum Gasteiger partial charge on any atom is -0.361 e. The maximum absolute atomic E-state index is 12.9. The normalized spacial score (nSPS) is 28.0. The Bertz CT molecular complexity index is 690. The molecule has 1 aliphatic heterocycles. The molecule has 2 aliphatic rings. The monoisotopic (exact) mass is 296 g/mol. The summed E-state index contributed by atoms with van der Waals surface area (Å²) in [7, 11) is 0. The third kappa shape index (κ3) is 2.23. The van der Waals surface area contributed by atoms with Gasteiger partial charge in [0.1, 0.15) is 0 Å². The van der Waals surface area contributed by atoms with Crippen LogP contribution in [0.5, 0.6) is 0 Å². The Balaban J connectivity index is 1.56. The van der Waals surface area contributed by atoms with E-state index in [-0.39, 0.29) is 0 Å². The number of benzene rings is 1. The lowest BCUT2D eigenvalue weighted by Gasteiger charge is -2.33. The number of fused-ring (bicyclic) bond motifs is 2. The van der Waals surface area contributed by atoms with Crippen LogP contribution in [-0.2, 0) is 11.2 Å². The van der Waals surface area contributed by atoms with Gasteiger partial charge in [0.15, 0.2) is 0 Å². The highest BCUT2D eigenvalue weighted by Gasteiger charge is 2.42. The van der Waals surface area contributed by atoms with E-state index in [1.165, 1.54) is 37.5 Å². The number of aromatic amines is 1. The van der Waals surface area contributed by atoms with E-state index in [2.05, 4.69) is 28.9 Å². The third-order valence-electron chi connectivity index (χ3n) is 5.65. The minimum absolute atomic E-state index is 0.312. The van der Waals surface area contributed by atoms with Crippen molar-refractivity contribution in [1.82, 2.24) is 9.88 Å². The zero-order valence-electron chi connectivity index (χ0n) is 13.2. The molecule has 1 saturated heterocycles. The van der Waals surface area contributed by atoms with Crippen molar-refractivity contribution >= 4 is 16.8 Å². The lowest BCUT2D eigenvalue weighted by molar-refractivity contribution is -0.133. The number of nitrogens with zero attached hydrogens (tertiary/aromatic N) is 1. The Labute approximate surface area is 131 Å². The van der Waals surface area contributed by atoms with Gasteiger partial charge in [-0.25, -0.2) is 0 Å². The number of carbonyl (C=O) groups is 1. The summed E-state index contributed by atoms with van der Waals surface area (Å²) in [6.45, 7) is 2.23. The molecule has 116 valence electrons. The van der Waals surface area contributed by atoms with E-state index < -0.39 is 0 Å². The van der Waals surface area contributed by atoms with Crippen molar-refractivity contribution in [2.24, 2.45) is 5.92 Å². The largest absolute Gasteiger partial charge is 0.361 e. The molecule has 1 aromatic carbocycles. The van der Waals surface area contributed by atoms with E-state index in [4.69, 9.17) is 0 Å². The van der Waals surface area contributed by atoms with E-state index in [0.29, 0.717) is 24.4 Å². The van der Waals surface area contributed by atoms with Crippen molar-refractivity contribution in [2.75, 3.05) is 0 Å². The summed E-state index contributed by atoms with van der Waals surface area (Å²) in [4.78, 5) is 18.4. The Morgan fingerprint density at radius 2 is 2.09 bits per heavy atom. The van der Waals surface area contributed by atoms with Crippen molar-refractivity contribution in [2.45, 2.75) is 57.5 Å². The maximum Gasteiger partial charge on any atom is 0.227 e. The highest BCUT2D eigenvalue weighted by molar-refractivity contribution is 5.89. The molecule has 0 radical (unpaired) electrons. The molecule has 22 heavy (non-hydrogen) atoms. The fourth-order valence-electron chi connectivity index (χ4n) is 4.67. The molecule has 4 rings (SSSR count). The summed E-state index contributed by atoms with van der Waals surface area (Å²) in [5, 5.41) is 1.18. The average molecular weight is 296 g/mol. The number of H-pyrrole nitrogens is 1. The van der Waals surface area contributed by atoms with Crippen LogP contribution in [-0.4, -0.2) is 27.9 Å². The van der Waals surface area contributed by atoms with Gasteiger partial charge < -0.3 is 9.88 Å². The first kappa shape index (κ1) is 13.9. The molecular weight excluding hydrogens is 272 g/mol. The molecule has 1 amide bonds. The van der Waals surface area contributed by atoms with Gasteiger partial charge in [-0.15, -0.1) is 0 Å². The Morgan fingerprint density at radius 1 is 1.27 bits per heavy atom. The van der Waals surface area contributed by atoms with Crippen molar-refractivity contribution in [3.8, 4) is 0 Å². The number of carbonyl (C=O) groups excluding carboxylic acids is 1. The van der Waals surface area contributed by atoms with Gasteiger partial charge in [0.25, 0.3) is 0 Å². The standard InChI is InChI=1S/C19H24N2O/c1-13-10-14-6-2-5-9-18(14)21(13)19(22)11-15-12-20-17-8-4-3-7-16(15)17/h3-4,7-8,12-14,18,20H,2,5-6,9-11H2,1H3. The van der Waals surface area contributed by atoms with Crippen LogP contribution in [0, 0.1) is 5.92 Å². The second-order valence-corrected chi connectivity index (χ2v) is 7.03. The summed E-state index contributed by atoms with van der Waals surface area (Å²) < 4.78 is 0. The zero-order chi connectivity index (χ0) is 15.1. The van der Waals surface area contributed by atoms with Crippen LogP contribution >= 0.6 is 0 Å². The fraction of sp³-hybridized carbons (Fsp3) is 0.526. The quantitative estimate of drug-likeness (QED) is 0.896. The van der Waals surface area contributed by atoms with Gasteiger partial charge in [-0.3, -0.25) is 4.79 Å². The highest BCUT2D eigenvalue weighted by Crippen LogP contribution is 2.39. The molecule has 0 spiro atoms. The van der Waals surface area contributed by atoms with E-state index in [9.17, 15) is 4.79 Å². The number of para-hydroxylation sites is 1. The highest BCUT2D eigenvalue weighted by atomic mass is 16.2.